The molecule has 1 aromatic rings. The number of carbonyl (C=O) groups is 2. The summed E-state index contributed by atoms with van der Waals surface area (Å²) < 4.78 is 5.69. The Morgan fingerprint density at radius 3 is 2.31 bits per heavy atom. The molecule has 144 valence electrons. The lowest BCUT2D eigenvalue weighted by Gasteiger charge is -2.31. The average Bonchev–Trinajstić information content (AvgIpc) is 2.59. The number of nitrogens with zero attached hydrogens (tertiary/aromatic N) is 1. The predicted octanol–water partition coefficient (Wildman–Crippen LogP) is 0.226. The Morgan fingerprint density at radius 2 is 1.77 bits per heavy atom. The van der Waals surface area contributed by atoms with Gasteiger partial charge in [-0.25, -0.2) is 0 Å². The molecule has 1 aromatic carbocycles. The molecule has 0 unspecified atom stereocenters. The van der Waals surface area contributed by atoms with Crippen LogP contribution in [-0.4, -0.2) is 62.6 Å². The van der Waals surface area contributed by atoms with Gasteiger partial charge in [0, 0.05) is 6.92 Å². The number of amides is 2. The fourth-order valence-corrected chi connectivity index (χ4v) is 3.01. The Bertz CT molecular complexity index is 600. The summed E-state index contributed by atoms with van der Waals surface area (Å²) in [4.78, 5) is 26.4. The zero-order valence-corrected chi connectivity index (χ0v) is 16.4. The van der Waals surface area contributed by atoms with Gasteiger partial charge in [0.05, 0.1) is 32.7 Å². The third-order valence-corrected chi connectivity index (χ3v) is 4.74. The Morgan fingerprint density at radius 1 is 1.15 bits per heavy atom. The standard InChI is InChI=1S/C20H31N3O3/c1-16(24)23-12-10-22(11-13-23)15-19(25)21-9-14-26-18-7-5-17(6-8-18)20(2,3)4/h5-8H,9-15H2,1-4H3,(H,21,25)/p+1. The van der Waals surface area contributed by atoms with Crippen LogP contribution in [0.3, 0.4) is 0 Å². The summed E-state index contributed by atoms with van der Waals surface area (Å²) in [5.41, 5.74) is 1.40. The van der Waals surface area contributed by atoms with E-state index in [0.717, 1.165) is 31.9 Å². The van der Waals surface area contributed by atoms with Crippen LogP contribution in [-0.2, 0) is 15.0 Å². The molecule has 6 heteroatoms. The molecule has 2 amide bonds. The second kappa shape index (κ2) is 9.03. The van der Waals surface area contributed by atoms with Crippen LogP contribution in [0.4, 0.5) is 0 Å². The van der Waals surface area contributed by atoms with Crippen LogP contribution >= 0.6 is 0 Å². The molecule has 0 aromatic heterocycles. The van der Waals surface area contributed by atoms with E-state index < -0.39 is 0 Å². The van der Waals surface area contributed by atoms with Crippen molar-refractivity contribution in [1.82, 2.24) is 10.2 Å². The quantitative estimate of drug-likeness (QED) is 0.712. The lowest BCUT2D eigenvalue weighted by atomic mass is 9.87. The summed E-state index contributed by atoms with van der Waals surface area (Å²) in [7, 11) is 0. The Kier molecular flexibility index (Phi) is 7.03. The number of carbonyl (C=O) groups excluding carboxylic acids is 2. The van der Waals surface area contributed by atoms with Gasteiger partial charge in [-0.1, -0.05) is 32.9 Å². The zero-order chi connectivity index (χ0) is 19.2. The lowest BCUT2D eigenvalue weighted by Crippen LogP contribution is -3.15. The van der Waals surface area contributed by atoms with Crippen molar-refractivity contribution in [2.24, 2.45) is 0 Å². The molecule has 0 saturated carbocycles. The molecule has 2 rings (SSSR count). The van der Waals surface area contributed by atoms with Gasteiger partial charge in [-0.05, 0) is 23.1 Å². The smallest absolute Gasteiger partial charge is 0.275 e. The van der Waals surface area contributed by atoms with E-state index in [-0.39, 0.29) is 17.2 Å². The van der Waals surface area contributed by atoms with Crippen molar-refractivity contribution in [3.05, 3.63) is 29.8 Å². The van der Waals surface area contributed by atoms with Crippen molar-refractivity contribution >= 4 is 11.8 Å². The average molecular weight is 362 g/mol. The summed E-state index contributed by atoms with van der Waals surface area (Å²) in [5, 5.41) is 2.90. The first-order chi connectivity index (χ1) is 12.3. The zero-order valence-electron chi connectivity index (χ0n) is 16.4. The second-order valence-corrected chi connectivity index (χ2v) is 7.91. The fraction of sp³-hybridized carbons (Fsp3) is 0.600. The molecule has 0 aliphatic carbocycles. The van der Waals surface area contributed by atoms with Crippen LogP contribution in [0.15, 0.2) is 24.3 Å². The lowest BCUT2D eigenvalue weighted by molar-refractivity contribution is -0.896. The van der Waals surface area contributed by atoms with Crippen LogP contribution in [0.2, 0.25) is 0 Å². The monoisotopic (exact) mass is 362 g/mol. The minimum atomic E-state index is 0.0305. The molecule has 6 nitrogen and oxygen atoms in total. The number of quaternary nitrogens is 1. The number of hydrogen-bond donors (Lipinski definition) is 2. The highest BCUT2D eigenvalue weighted by Crippen LogP contribution is 2.24. The number of nitrogens with one attached hydrogen (secondary N) is 2. The van der Waals surface area contributed by atoms with Crippen LogP contribution in [0, 0.1) is 0 Å². The molecule has 2 N–H and O–H groups in total. The number of benzene rings is 1. The number of piperazine rings is 1. The van der Waals surface area contributed by atoms with E-state index in [4.69, 9.17) is 4.74 Å². The third-order valence-electron chi connectivity index (χ3n) is 4.74. The molecule has 1 heterocycles. The van der Waals surface area contributed by atoms with Crippen LogP contribution < -0.4 is 15.0 Å². The second-order valence-electron chi connectivity index (χ2n) is 7.91. The maximum Gasteiger partial charge on any atom is 0.275 e. The number of rotatable bonds is 6. The SMILES string of the molecule is CC(=O)N1CC[NH+](CC(=O)NCCOc2ccc(C(C)(C)C)cc2)CC1. The topological polar surface area (TPSA) is 63.1 Å². The molecule has 26 heavy (non-hydrogen) atoms. The first-order valence-corrected chi connectivity index (χ1v) is 9.35. The third kappa shape index (κ3) is 6.33. The van der Waals surface area contributed by atoms with Gasteiger partial charge in [-0.2, -0.15) is 0 Å². The van der Waals surface area contributed by atoms with Crippen LogP contribution in [0.1, 0.15) is 33.3 Å². The van der Waals surface area contributed by atoms with Crippen molar-refractivity contribution in [1.29, 1.82) is 0 Å². The van der Waals surface area contributed by atoms with E-state index in [1.165, 1.54) is 10.5 Å². The minimum Gasteiger partial charge on any atom is -0.492 e. The first-order valence-electron chi connectivity index (χ1n) is 9.35. The highest BCUT2D eigenvalue weighted by Gasteiger charge is 2.23. The van der Waals surface area contributed by atoms with Crippen molar-refractivity contribution in [3.8, 4) is 5.75 Å². The van der Waals surface area contributed by atoms with Gasteiger partial charge in [0.2, 0.25) is 5.91 Å². The highest BCUT2D eigenvalue weighted by atomic mass is 16.5. The van der Waals surface area contributed by atoms with Gasteiger partial charge in [-0.15, -0.1) is 0 Å². The predicted molar refractivity (Wildman–Crippen MR) is 101 cm³/mol. The summed E-state index contributed by atoms with van der Waals surface area (Å²) in [6, 6.07) is 8.11. The Hall–Kier alpha value is -2.08. The molecule has 1 fully saturated rings. The molecular weight excluding hydrogens is 330 g/mol. The highest BCUT2D eigenvalue weighted by molar-refractivity contribution is 5.76. The number of hydrogen-bond acceptors (Lipinski definition) is 3. The molecule has 0 spiro atoms. The van der Waals surface area contributed by atoms with E-state index in [2.05, 4.69) is 38.2 Å². The van der Waals surface area contributed by atoms with Crippen molar-refractivity contribution in [2.75, 3.05) is 45.9 Å². The van der Waals surface area contributed by atoms with E-state index in [1.807, 2.05) is 17.0 Å². The molecular formula is C20H32N3O3+. The molecule has 1 saturated heterocycles. The van der Waals surface area contributed by atoms with Crippen molar-refractivity contribution in [3.63, 3.8) is 0 Å². The molecule has 1 aliphatic rings. The largest absolute Gasteiger partial charge is 0.492 e. The minimum absolute atomic E-state index is 0.0305. The van der Waals surface area contributed by atoms with E-state index >= 15 is 0 Å². The maximum absolute atomic E-state index is 12.0. The van der Waals surface area contributed by atoms with Gasteiger partial charge in [0.1, 0.15) is 12.4 Å². The van der Waals surface area contributed by atoms with Gasteiger partial charge in [-0.3, -0.25) is 9.59 Å². The molecule has 0 atom stereocenters. The first kappa shape index (κ1) is 20.2. The van der Waals surface area contributed by atoms with Crippen LogP contribution in [0.25, 0.3) is 0 Å². The van der Waals surface area contributed by atoms with Crippen molar-refractivity contribution in [2.45, 2.75) is 33.1 Å². The molecule has 1 aliphatic heterocycles. The van der Waals surface area contributed by atoms with Gasteiger partial charge >= 0.3 is 0 Å². The van der Waals surface area contributed by atoms with Crippen LogP contribution in [0.5, 0.6) is 5.75 Å². The van der Waals surface area contributed by atoms with E-state index in [1.54, 1.807) is 6.92 Å². The summed E-state index contributed by atoms with van der Waals surface area (Å²) >= 11 is 0. The number of ether oxygens (including phenoxy) is 1. The fourth-order valence-electron chi connectivity index (χ4n) is 3.01. The van der Waals surface area contributed by atoms with E-state index in [9.17, 15) is 9.59 Å². The van der Waals surface area contributed by atoms with Crippen molar-refractivity contribution < 1.29 is 19.2 Å². The van der Waals surface area contributed by atoms with E-state index in [0.29, 0.717) is 19.7 Å². The summed E-state index contributed by atoms with van der Waals surface area (Å²) in [5.74, 6) is 0.961. The van der Waals surface area contributed by atoms with Gasteiger partial charge < -0.3 is 19.9 Å². The van der Waals surface area contributed by atoms with Gasteiger partial charge in [0.25, 0.3) is 5.91 Å². The van der Waals surface area contributed by atoms with Gasteiger partial charge in [0.15, 0.2) is 6.54 Å². The summed E-state index contributed by atoms with van der Waals surface area (Å²) in [6.07, 6.45) is 0. The molecule has 0 bridgehead atoms. The Balaban J connectivity index is 1.62. The maximum atomic E-state index is 12.0. The normalized spacial score (nSPS) is 15.6. The summed E-state index contributed by atoms with van der Waals surface area (Å²) in [6.45, 7) is 12.6. The molecule has 0 radical (unpaired) electrons. The Labute approximate surface area is 156 Å².